The van der Waals surface area contributed by atoms with E-state index in [4.69, 9.17) is 5.11 Å². The number of halogens is 1. The largest absolute Gasteiger partial charge is 0.480 e. The number of carbonyl (C=O) groups is 1. The molecule has 1 aromatic heterocycles. The molecule has 1 heterocycles. The standard InChI is InChI=1S/C11H16BrN3O2/c1-15(2)6-5-13-10(11(16)17)9-4-3-8(12)7-14-9/h3-4,7,10,13H,5-6H2,1-2H3,(H,16,17). The van der Waals surface area contributed by atoms with Gasteiger partial charge in [-0.05, 0) is 42.2 Å². The van der Waals surface area contributed by atoms with Crippen LogP contribution in [0.3, 0.4) is 0 Å². The van der Waals surface area contributed by atoms with Crippen molar-refractivity contribution >= 4 is 21.9 Å². The van der Waals surface area contributed by atoms with Gasteiger partial charge >= 0.3 is 5.97 Å². The number of aliphatic carboxylic acids is 1. The Morgan fingerprint density at radius 3 is 2.76 bits per heavy atom. The molecule has 0 saturated heterocycles. The molecule has 0 saturated carbocycles. The fraction of sp³-hybridized carbons (Fsp3) is 0.455. The average Bonchev–Trinajstić information content (AvgIpc) is 2.25. The Kier molecular flexibility index (Phi) is 5.54. The summed E-state index contributed by atoms with van der Waals surface area (Å²) in [6.07, 6.45) is 1.60. The number of nitrogens with zero attached hydrogens (tertiary/aromatic N) is 2. The third-order valence-corrected chi connectivity index (χ3v) is 2.67. The molecule has 1 rings (SSSR count). The summed E-state index contributed by atoms with van der Waals surface area (Å²) >= 11 is 3.27. The zero-order chi connectivity index (χ0) is 12.8. The van der Waals surface area contributed by atoms with E-state index in [0.29, 0.717) is 12.2 Å². The quantitative estimate of drug-likeness (QED) is 0.824. The summed E-state index contributed by atoms with van der Waals surface area (Å²) in [4.78, 5) is 17.2. The summed E-state index contributed by atoms with van der Waals surface area (Å²) in [6, 6.07) is 2.72. The Bertz CT molecular complexity index is 367. The number of hydrogen-bond acceptors (Lipinski definition) is 4. The maximum atomic E-state index is 11.1. The molecule has 0 spiro atoms. The minimum atomic E-state index is -0.918. The van der Waals surface area contributed by atoms with Crippen LogP contribution in [0.4, 0.5) is 0 Å². The first kappa shape index (κ1) is 14.1. The highest BCUT2D eigenvalue weighted by Crippen LogP contribution is 2.13. The molecule has 0 amide bonds. The predicted octanol–water partition coefficient (Wildman–Crippen LogP) is 1.12. The van der Waals surface area contributed by atoms with Crippen LogP contribution in [-0.2, 0) is 4.79 Å². The number of aromatic nitrogens is 1. The Hall–Kier alpha value is -0.980. The van der Waals surface area contributed by atoms with Gasteiger partial charge in [0, 0.05) is 23.8 Å². The fourth-order valence-corrected chi connectivity index (χ4v) is 1.54. The van der Waals surface area contributed by atoms with Crippen molar-refractivity contribution < 1.29 is 9.90 Å². The number of carboxylic acids is 1. The lowest BCUT2D eigenvalue weighted by Gasteiger charge is -2.16. The minimum absolute atomic E-state index is 0.513. The monoisotopic (exact) mass is 301 g/mol. The highest BCUT2D eigenvalue weighted by atomic mass is 79.9. The van der Waals surface area contributed by atoms with Crippen LogP contribution in [0.2, 0.25) is 0 Å². The summed E-state index contributed by atoms with van der Waals surface area (Å²) in [5.74, 6) is -0.918. The van der Waals surface area contributed by atoms with Gasteiger partial charge in [0.05, 0.1) is 5.69 Å². The topological polar surface area (TPSA) is 65.5 Å². The number of hydrogen-bond donors (Lipinski definition) is 2. The molecule has 0 aliphatic heterocycles. The third-order valence-electron chi connectivity index (χ3n) is 2.20. The fourth-order valence-electron chi connectivity index (χ4n) is 1.31. The van der Waals surface area contributed by atoms with Crippen LogP contribution in [0.1, 0.15) is 11.7 Å². The maximum Gasteiger partial charge on any atom is 0.326 e. The Balaban J connectivity index is 2.66. The Morgan fingerprint density at radius 1 is 1.59 bits per heavy atom. The second-order valence-corrected chi connectivity index (χ2v) is 4.85. The van der Waals surface area contributed by atoms with E-state index in [-0.39, 0.29) is 0 Å². The normalized spacial score (nSPS) is 12.7. The summed E-state index contributed by atoms with van der Waals surface area (Å²) in [5.41, 5.74) is 0.513. The summed E-state index contributed by atoms with van der Waals surface area (Å²) in [6.45, 7) is 1.38. The summed E-state index contributed by atoms with van der Waals surface area (Å²) in [7, 11) is 3.88. The number of pyridine rings is 1. The second kappa shape index (κ2) is 6.68. The zero-order valence-electron chi connectivity index (χ0n) is 9.85. The molecular formula is C11H16BrN3O2. The molecule has 94 valence electrons. The van der Waals surface area contributed by atoms with Crippen LogP contribution < -0.4 is 5.32 Å². The van der Waals surface area contributed by atoms with Gasteiger partial charge < -0.3 is 10.0 Å². The first-order valence-corrected chi connectivity index (χ1v) is 6.02. The molecule has 2 N–H and O–H groups in total. The van der Waals surface area contributed by atoms with E-state index < -0.39 is 12.0 Å². The van der Waals surface area contributed by atoms with E-state index in [1.54, 1.807) is 18.3 Å². The van der Waals surface area contributed by atoms with Crippen molar-refractivity contribution in [3.8, 4) is 0 Å². The van der Waals surface area contributed by atoms with Gasteiger partial charge in [-0.25, -0.2) is 0 Å². The zero-order valence-corrected chi connectivity index (χ0v) is 11.4. The van der Waals surface area contributed by atoms with Crippen molar-refractivity contribution in [1.29, 1.82) is 0 Å². The average molecular weight is 302 g/mol. The van der Waals surface area contributed by atoms with Crippen molar-refractivity contribution in [2.45, 2.75) is 6.04 Å². The first-order valence-electron chi connectivity index (χ1n) is 5.23. The van der Waals surface area contributed by atoms with Crippen LogP contribution >= 0.6 is 15.9 Å². The number of likely N-dealkylation sites (N-methyl/N-ethyl adjacent to an activating group) is 1. The highest BCUT2D eigenvalue weighted by Gasteiger charge is 2.20. The van der Waals surface area contributed by atoms with Gasteiger partial charge in [0.15, 0.2) is 0 Å². The van der Waals surface area contributed by atoms with Gasteiger partial charge in [0.2, 0.25) is 0 Å². The molecule has 0 fully saturated rings. The Morgan fingerprint density at radius 2 is 2.29 bits per heavy atom. The molecule has 0 aliphatic rings. The highest BCUT2D eigenvalue weighted by molar-refractivity contribution is 9.10. The Labute approximate surface area is 109 Å². The van der Waals surface area contributed by atoms with Crippen molar-refractivity contribution in [2.24, 2.45) is 0 Å². The number of carboxylic acid groups (broad SMARTS) is 1. The molecule has 0 aliphatic carbocycles. The van der Waals surface area contributed by atoms with Crippen LogP contribution in [0.15, 0.2) is 22.8 Å². The molecule has 0 bridgehead atoms. The smallest absolute Gasteiger partial charge is 0.326 e. The summed E-state index contributed by atoms with van der Waals surface area (Å²) in [5, 5.41) is 12.1. The molecule has 1 aromatic rings. The van der Waals surface area contributed by atoms with Crippen molar-refractivity contribution in [3.05, 3.63) is 28.5 Å². The van der Waals surface area contributed by atoms with Crippen LogP contribution in [0.5, 0.6) is 0 Å². The third kappa shape index (κ3) is 4.80. The van der Waals surface area contributed by atoms with Gasteiger partial charge in [0.1, 0.15) is 6.04 Å². The molecule has 5 nitrogen and oxygen atoms in total. The number of nitrogens with one attached hydrogen (secondary N) is 1. The SMILES string of the molecule is CN(C)CCNC(C(=O)O)c1ccc(Br)cn1. The van der Waals surface area contributed by atoms with Crippen LogP contribution in [-0.4, -0.2) is 48.1 Å². The van der Waals surface area contributed by atoms with E-state index in [9.17, 15) is 4.79 Å². The number of rotatable bonds is 6. The van der Waals surface area contributed by atoms with Gasteiger partial charge in [0.25, 0.3) is 0 Å². The lowest BCUT2D eigenvalue weighted by molar-refractivity contribution is -0.139. The van der Waals surface area contributed by atoms with Gasteiger partial charge in [-0.2, -0.15) is 0 Å². The van der Waals surface area contributed by atoms with Gasteiger partial charge in [-0.3, -0.25) is 15.1 Å². The molecule has 1 unspecified atom stereocenters. The van der Waals surface area contributed by atoms with Crippen LogP contribution in [0.25, 0.3) is 0 Å². The first-order chi connectivity index (χ1) is 8.00. The van der Waals surface area contributed by atoms with E-state index in [1.165, 1.54) is 0 Å². The summed E-state index contributed by atoms with van der Waals surface area (Å²) < 4.78 is 0.832. The van der Waals surface area contributed by atoms with Crippen molar-refractivity contribution in [1.82, 2.24) is 15.2 Å². The van der Waals surface area contributed by atoms with Crippen molar-refractivity contribution in [3.63, 3.8) is 0 Å². The van der Waals surface area contributed by atoms with E-state index >= 15 is 0 Å². The second-order valence-electron chi connectivity index (χ2n) is 3.93. The molecule has 6 heteroatoms. The molecule has 0 radical (unpaired) electrons. The van der Waals surface area contributed by atoms with E-state index in [2.05, 4.69) is 26.2 Å². The van der Waals surface area contributed by atoms with Crippen molar-refractivity contribution in [2.75, 3.05) is 27.2 Å². The molecular weight excluding hydrogens is 286 g/mol. The van der Waals surface area contributed by atoms with E-state index in [1.807, 2.05) is 19.0 Å². The lowest BCUT2D eigenvalue weighted by Crippen LogP contribution is -2.34. The van der Waals surface area contributed by atoms with Gasteiger partial charge in [-0.15, -0.1) is 0 Å². The molecule has 1 atom stereocenters. The molecule has 0 aromatic carbocycles. The van der Waals surface area contributed by atoms with Crippen LogP contribution in [0, 0.1) is 0 Å². The minimum Gasteiger partial charge on any atom is -0.480 e. The maximum absolute atomic E-state index is 11.1. The van der Waals surface area contributed by atoms with Gasteiger partial charge in [-0.1, -0.05) is 0 Å². The van der Waals surface area contributed by atoms with E-state index in [0.717, 1.165) is 11.0 Å². The lowest BCUT2D eigenvalue weighted by atomic mass is 10.2. The predicted molar refractivity (Wildman–Crippen MR) is 68.9 cm³/mol. The molecule has 17 heavy (non-hydrogen) atoms.